The van der Waals surface area contributed by atoms with Crippen LogP contribution in [0.15, 0.2) is 17.8 Å². The molecule has 0 atom stereocenters. The van der Waals surface area contributed by atoms with Crippen LogP contribution in [0, 0.1) is 0 Å². The Labute approximate surface area is 84.6 Å². The fourth-order valence-electron chi connectivity index (χ4n) is 1.66. The van der Waals surface area contributed by atoms with Gasteiger partial charge in [0.2, 0.25) is 0 Å². The van der Waals surface area contributed by atoms with Crippen LogP contribution in [0.2, 0.25) is 0 Å². The molecule has 1 aromatic rings. The fourth-order valence-corrected chi connectivity index (χ4v) is 1.66. The molecule has 0 saturated heterocycles. The van der Waals surface area contributed by atoms with Crippen LogP contribution in [-0.2, 0) is 0 Å². The average molecular weight is 191 g/mol. The van der Waals surface area contributed by atoms with Gasteiger partial charge in [0.15, 0.2) is 0 Å². The molecule has 0 amide bonds. The van der Waals surface area contributed by atoms with Crippen LogP contribution < -0.4 is 5.73 Å². The lowest BCUT2D eigenvalue weighted by molar-refractivity contribution is 0.529. The summed E-state index contributed by atoms with van der Waals surface area (Å²) in [6, 6.07) is 2.87. The van der Waals surface area contributed by atoms with Crippen molar-refractivity contribution in [2.75, 3.05) is 0 Å². The molecule has 14 heavy (non-hydrogen) atoms. The van der Waals surface area contributed by atoms with Gasteiger partial charge in [-0.05, 0) is 38.8 Å². The van der Waals surface area contributed by atoms with Gasteiger partial charge in [-0.1, -0.05) is 5.57 Å². The maximum atomic E-state index is 5.71. The number of hydrogen-bond acceptors (Lipinski definition) is 2. The first-order valence-corrected chi connectivity index (χ1v) is 5.15. The van der Waals surface area contributed by atoms with Crippen molar-refractivity contribution in [1.29, 1.82) is 0 Å². The summed E-state index contributed by atoms with van der Waals surface area (Å²) in [5.41, 5.74) is 8.19. The van der Waals surface area contributed by atoms with Gasteiger partial charge < -0.3 is 5.73 Å². The lowest BCUT2D eigenvalue weighted by Gasteiger charge is -2.24. The summed E-state index contributed by atoms with van der Waals surface area (Å²) in [4.78, 5) is 0. The number of rotatable bonds is 2. The van der Waals surface area contributed by atoms with Gasteiger partial charge in [0.05, 0.1) is 5.69 Å². The van der Waals surface area contributed by atoms with E-state index in [2.05, 4.69) is 31.1 Å². The summed E-state index contributed by atoms with van der Waals surface area (Å²) in [7, 11) is 0. The zero-order valence-corrected chi connectivity index (χ0v) is 8.77. The molecular weight excluding hydrogens is 174 g/mol. The summed E-state index contributed by atoms with van der Waals surface area (Å²) < 4.78 is 1.98. The molecule has 1 saturated carbocycles. The van der Waals surface area contributed by atoms with E-state index in [0.29, 0.717) is 12.1 Å². The smallest absolute Gasteiger partial charge is 0.0850 e. The van der Waals surface area contributed by atoms with Crippen molar-refractivity contribution in [3.8, 4) is 0 Å². The monoisotopic (exact) mass is 191 g/mol. The fraction of sp³-hybridized carbons (Fsp3) is 0.545. The second-order valence-electron chi connectivity index (χ2n) is 4.29. The van der Waals surface area contributed by atoms with Crippen LogP contribution in [0.3, 0.4) is 0 Å². The zero-order chi connectivity index (χ0) is 10.1. The molecule has 0 radical (unpaired) electrons. The summed E-state index contributed by atoms with van der Waals surface area (Å²) in [6.45, 7) is 4.26. The molecule has 1 aliphatic rings. The molecule has 1 fully saturated rings. The SMILES string of the molecule is CC(C)n1ccc(C=C2CC(N)C2)n1. The highest BCUT2D eigenvalue weighted by Crippen LogP contribution is 2.26. The maximum absolute atomic E-state index is 5.71. The van der Waals surface area contributed by atoms with Crippen molar-refractivity contribution >= 4 is 6.08 Å². The van der Waals surface area contributed by atoms with E-state index in [0.717, 1.165) is 18.5 Å². The second kappa shape index (κ2) is 3.58. The molecule has 76 valence electrons. The summed E-state index contributed by atoms with van der Waals surface area (Å²) in [5.74, 6) is 0. The minimum atomic E-state index is 0.383. The van der Waals surface area contributed by atoms with Crippen LogP contribution in [-0.4, -0.2) is 15.8 Å². The van der Waals surface area contributed by atoms with Gasteiger partial charge in [-0.3, -0.25) is 4.68 Å². The Balaban J connectivity index is 2.07. The molecule has 1 heterocycles. The summed E-state index contributed by atoms with van der Waals surface area (Å²) in [6.07, 6.45) is 6.25. The third-order valence-electron chi connectivity index (χ3n) is 2.56. The number of nitrogens with two attached hydrogens (primary N) is 1. The molecule has 0 aliphatic heterocycles. The molecule has 2 rings (SSSR count). The van der Waals surface area contributed by atoms with E-state index in [-0.39, 0.29) is 0 Å². The molecule has 3 heteroatoms. The normalized spacial score (nSPS) is 21.1. The quantitative estimate of drug-likeness (QED) is 0.776. The van der Waals surface area contributed by atoms with Crippen LogP contribution in [0.5, 0.6) is 0 Å². The van der Waals surface area contributed by atoms with Crippen molar-refractivity contribution in [3.63, 3.8) is 0 Å². The third kappa shape index (κ3) is 1.87. The molecular formula is C11H17N3. The Morgan fingerprint density at radius 3 is 2.79 bits per heavy atom. The van der Waals surface area contributed by atoms with Gasteiger partial charge in [0, 0.05) is 18.3 Å². The van der Waals surface area contributed by atoms with E-state index in [4.69, 9.17) is 5.73 Å². The summed E-state index contributed by atoms with van der Waals surface area (Å²) in [5, 5.41) is 4.46. The molecule has 0 aromatic carbocycles. The predicted molar refractivity (Wildman–Crippen MR) is 57.8 cm³/mol. The Hall–Kier alpha value is -1.09. The van der Waals surface area contributed by atoms with Crippen LogP contribution in [0.25, 0.3) is 6.08 Å². The van der Waals surface area contributed by atoms with Crippen molar-refractivity contribution in [2.24, 2.45) is 5.73 Å². The van der Waals surface area contributed by atoms with Crippen molar-refractivity contribution in [3.05, 3.63) is 23.5 Å². The first-order valence-electron chi connectivity index (χ1n) is 5.15. The largest absolute Gasteiger partial charge is 0.327 e. The zero-order valence-electron chi connectivity index (χ0n) is 8.77. The van der Waals surface area contributed by atoms with E-state index in [1.54, 1.807) is 0 Å². The highest BCUT2D eigenvalue weighted by Gasteiger charge is 2.18. The predicted octanol–water partition coefficient (Wildman–Crippen LogP) is 1.97. The topological polar surface area (TPSA) is 43.8 Å². The molecule has 1 aliphatic carbocycles. The van der Waals surface area contributed by atoms with Gasteiger partial charge in [-0.15, -0.1) is 0 Å². The van der Waals surface area contributed by atoms with E-state index in [1.807, 2.05) is 10.9 Å². The average Bonchev–Trinajstić information content (AvgIpc) is 2.50. The standard InChI is InChI=1S/C11H17N3/c1-8(2)14-4-3-11(13-14)7-9-5-10(12)6-9/h3-4,7-8,10H,5-6,12H2,1-2H3. The Kier molecular flexibility index (Phi) is 2.42. The Morgan fingerprint density at radius 1 is 1.57 bits per heavy atom. The van der Waals surface area contributed by atoms with Crippen molar-refractivity contribution in [1.82, 2.24) is 9.78 Å². The molecule has 2 N–H and O–H groups in total. The highest BCUT2D eigenvalue weighted by atomic mass is 15.3. The highest BCUT2D eigenvalue weighted by molar-refractivity contribution is 5.50. The minimum absolute atomic E-state index is 0.383. The first-order chi connectivity index (χ1) is 6.65. The van der Waals surface area contributed by atoms with Gasteiger partial charge in [0.25, 0.3) is 0 Å². The maximum Gasteiger partial charge on any atom is 0.0850 e. The molecule has 3 nitrogen and oxygen atoms in total. The molecule has 0 unspecified atom stereocenters. The molecule has 0 spiro atoms. The molecule has 1 aromatic heterocycles. The van der Waals surface area contributed by atoms with Crippen LogP contribution in [0.1, 0.15) is 38.4 Å². The van der Waals surface area contributed by atoms with Gasteiger partial charge in [-0.25, -0.2) is 0 Å². The van der Waals surface area contributed by atoms with Crippen molar-refractivity contribution < 1.29 is 0 Å². The number of aromatic nitrogens is 2. The van der Waals surface area contributed by atoms with Crippen LogP contribution in [0.4, 0.5) is 0 Å². The second-order valence-corrected chi connectivity index (χ2v) is 4.29. The Bertz CT molecular complexity index is 341. The number of nitrogens with zero attached hydrogens (tertiary/aromatic N) is 2. The van der Waals surface area contributed by atoms with Gasteiger partial charge in [0.1, 0.15) is 0 Å². The third-order valence-corrected chi connectivity index (χ3v) is 2.56. The van der Waals surface area contributed by atoms with E-state index >= 15 is 0 Å². The molecule has 0 bridgehead atoms. The van der Waals surface area contributed by atoms with E-state index < -0.39 is 0 Å². The lowest BCUT2D eigenvalue weighted by Crippen LogP contribution is -2.29. The minimum Gasteiger partial charge on any atom is -0.327 e. The lowest BCUT2D eigenvalue weighted by atomic mass is 9.86. The van der Waals surface area contributed by atoms with Gasteiger partial charge >= 0.3 is 0 Å². The Morgan fingerprint density at radius 2 is 2.29 bits per heavy atom. The number of hydrogen-bond donors (Lipinski definition) is 1. The summed E-state index contributed by atoms with van der Waals surface area (Å²) >= 11 is 0. The van der Waals surface area contributed by atoms with E-state index in [1.165, 1.54) is 5.57 Å². The first kappa shape index (κ1) is 9.46. The van der Waals surface area contributed by atoms with Crippen molar-refractivity contribution in [2.45, 2.75) is 38.8 Å². The van der Waals surface area contributed by atoms with Gasteiger partial charge in [-0.2, -0.15) is 5.10 Å². The van der Waals surface area contributed by atoms with Crippen LogP contribution >= 0.6 is 0 Å². The van der Waals surface area contributed by atoms with E-state index in [9.17, 15) is 0 Å².